The normalized spacial score (nSPS) is 19.1. The highest BCUT2D eigenvalue weighted by Crippen LogP contribution is 2.39. The van der Waals surface area contributed by atoms with Gasteiger partial charge in [0.05, 0.1) is 12.7 Å². The molecule has 1 aromatic heterocycles. The number of nitrogens with zero attached hydrogens (tertiary/aromatic N) is 2. The average molecular weight is 587 g/mol. The van der Waals surface area contributed by atoms with E-state index in [-0.39, 0.29) is 29.2 Å². The molecule has 0 unspecified atom stereocenters. The Morgan fingerprint density at radius 2 is 1.75 bits per heavy atom. The third kappa shape index (κ3) is 7.91. The summed E-state index contributed by atoms with van der Waals surface area (Å²) < 4.78 is 36.2. The molecule has 4 rings (SSSR count). The number of nitrogens with one attached hydrogen (secondary N) is 4. The first kappa shape index (κ1) is 29.7. The third-order valence-corrected chi connectivity index (χ3v) is 8.54. The summed E-state index contributed by atoms with van der Waals surface area (Å²) in [6.45, 7) is 2.74. The van der Waals surface area contributed by atoms with Gasteiger partial charge in [-0.15, -0.1) is 0 Å². The molecule has 1 fully saturated rings. The Hall–Kier alpha value is -3.25. The molecule has 0 atom stereocenters. The Bertz CT molecular complexity index is 1380. The number of para-hydroxylation sites is 1. The van der Waals surface area contributed by atoms with E-state index in [1.165, 1.54) is 0 Å². The van der Waals surface area contributed by atoms with Crippen LogP contribution in [0.25, 0.3) is 0 Å². The lowest BCUT2D eigenvalue weighted by atomic mass is 9.68. The number of rotatable bonds is 12. The van der Waals surface area contributed by atoms with E-state index >= 15 is 0 Å². The molecule has 1 heterocycles. The van der Waals surface area contributed by atoms with E-state index in [1.807, 2.05) is 24.3 Å². The Kier molecular flexibility index (Phi) is 9.96. The first-order valence-electron chi connectivity index (χ1n) is 13.2. The van der Waals surface area contributed by atoms with Gasteiger partial charge in [0.2, 0.25) is 5.28 Å². The van der Waals surface area contributed by atoms with Gasteiger partial charge in [-0.25, -0.2) is 14.7 Å². The fourth-order valence-corrected chi connectivity index (χ4v) is 6.44. The predicted octanol–water partition coefficient (Wildman–Crippen LogP) is 3.59. The molecule has 10 nitrogen and oxygen atoms in total. The van der Waals surface area contributed by atoms with Crippen LogP contribution in [0.5, 0.6) is 5.75 Å². The number of methoxy groups -OCH3 is 1. The molecule has 0 spiro atoms. The van der Waals surface area contributed by atoms with Crippen LogP contribution in [0.2, 0.25) is 5.28 Å². The zero-order chi connectivity index (χ0) is 28.6. The van der Waals surface area contributed by atoms with Crippen molar-refractivity contribution >= 4 is 33.5 Å². The summed E-state index contributed by atoms with van der Waals surface area (Å²) in [5.41, 5.74) is 2.01. The second-order valence-corrected chi connectivity index (χ2v) is 11.8. The fraction of sp³-hybridized carbons (Fsp3) is 0.393. The molecule has 2 aromatic carbocycles. The number of amides is 1. The number of aromatic nitrogens is 2. The van der Waals surface area contributed by atoms with Gasteiger partial charge >= 0.3 is 0 Å². The fourth-order valence-electron chi connectivity index (χ4n) is 5.08. The van der Waals surface area contributed by atoms with Crippen LogP contribution in [-0.2, 0) is 15.6 Å². The lowest BCUT2D eigenvalue weighted by molar-refractivity contribution is 0.0932. The number of benzene rings is 2. The van der Waals surface area contributed by atoms with Gasteiger partial charge in [-0.2, -0.15) is 13.1 Å². The zero-order valence-corrected chi connectivity index (χ0v) is 24.2. The Balaban J connectivity index is 1.33. The number of hydrogen-bond donors (Lipinski definition) is 4. The van der Waals surface area contributed by atoms with Crippen LogP contribution in [0.1, 0.15) is 47.3 Å². The van der Waals surface area contributed by atoms with Gasteiger partial charge < -0.3 is 15.4 Å². The van der Waals surface area contributed by atoms with Crippen LogP contribution in [0.3, 0.4) is 0 Å². The van der Waals surface area contributed by atoms with Crippen molar-refractivity contribution in [3.63, 3.8) is 0 Å². The topological polar surface area (TPSA) is 134 Å². The van der Waals surface area contributed by atoms with Gasteiger partial charge in [0.1, 0.15) is 11.6 Å². The first-order valence-corrected chi connectivity index (χ1v) is 15.0. The number of anilines is 1. The smallest absolute Gasteiger partial charge is 0.277 e. The molecule has 0 radical (unpaired) electrons. The number of carbonyl (C=O) groups excluding carboxylic acids is 1. The van der Waals surface area contributed by atoms with Crippen LogP contribution in [-0.4, -0.2) is 57.1 Å². The Morgan fingerprint density at radius 3 is 2.45 bits per heavy atom. The van der Waals surface area contributed by atoms with Gasteiger partial charge in [-0.1, -0.05) is 42.5 Å². The maximum atomic E-state index is 13.0. The zero-order valence-electron chi connectivity index (χ0n) is 22.6. The number of ether oxygens (including phenoxy) is 1. The summed E-state index contributed by atoms with van der Waals surface area (Å²) in [6.07, 6.45) is 2.70. The van der Waals surface area contributed by atoms with Crippen LogP contribution in [0.4, 0.5) is 5.82 Å². The lowest BCUT2D eigenvalue weighted by Gasteiger charge is -2.41. The third-order valence-electron chi connectivity index (χ3n) is 7.14. The summed E-state index contributed by atoms with van der Waals surface area (Å²) >= 11 is 5.87. The SMILES string of the molecule is COc1ccccc1C(=O)NCC1(c2ccccc2)CCC(NS(=O)(=O)NCCNc2cc(C)nc(Cl)n2)CC1. The van der Waals surface area contributed by atoms with Crippen molar-refractivity contribution in [2.45, 2.75) is 44.1 Å². The molecular weight excluding hydrogens is 552 g/mol. The van der Waals surface area contributed by atoms with Crippen LogP contribution in [0.15, 0.2) is 60.7 Å². The van der Waals surface area contributed by atoms with Crippen LogP contribution >= 0.6 is 11.6 Å². The lowest BCUT2D eigenvalue weighted by Crippen LogP contribution is -2.49. The van der Waals surface area contributed by atoms with Gasteiger partial charge in [0, 0.05) is 42.9 Å². The molecule has 4 N–H and O–H groups in total. The largest absolute Gasteiger partial charge is 0.496 e. The van der Waals surface area contributed by atoms with E-state index in [9.17, 15) is 13.2 Å². The summed E-state index contributed by atoms with van der Waals surface area (Å²) in [5.74, 6) is 0.852. The maximum absolute atomic E-state index is 13.0. The van der Waals surface area contributed by atoms with E-state index in [4.69, 9.17) is 16.3 Å². The van der Waals surface area contributed by atoms with Crippen molar-refractivity contribution in [2.75, 3.05) is 32.1 Å². The minimum Gasteiger partial charge on any atom is -0.496 e. The number of hydrogen-bond acceptors (Lipinski definition) is 7. The highest BCUT2D eigenvalue weighted by atomic mass is 35.5. The van der Waals surface area contributed by atoms with Crippen molar-refractivity contribution < 1.29 is 17.9 Å². The second-order valence-electron chi connectivity index (χ2n) is 9.91. The van der Waals surface area contributed by atoms with Crippen molar-refractivity contribution in [1.29, 1.82) is 0 Å². The maximum Gasteiger partial charge on any atom is 0.277 e. The minimum atomic E-state index is -3.71. The van der Waals surface area contributed by atoms with Gasteiger partial charge in [-0.3, -0.25) is 4.79 Å². The molecule has 214 valence electrons. The van der Waals surface area contributed by atoms with Crippen molar-refractivity contribution in [1.82, 2.24) is 24.7 Å². The van der Waals surface area contributed by atoms with Crippen LogP contribution < -0.4 is 24.8 Å². The van der Waals surface area contributed by atoms with E-state index < -0.39 is 10.2 Å². The van der Waals surface area contributed by atoms with E-state index in [2.05, 4.69) is 42.2 Å². The molecule has 3 aromatic rings. The Morgan fingerprint density at radius 1 is 1.05 bits per heavy atom. The number of aryl methyl sites for hydroxylation is 1. The van der Waals surface area contributed by atoms with Gasteiger partial charge in [0.25, 0.3) is 16.1 Å². The highest BCUT2D eigenvalue weighted by Gasteiger charge is 2.38. The van der Waals surface area contributed by atoms with Gasteiger partial charge in [-0.05, 0) is 61.9 Å². The standard InChI is InChI=1S/C28H35ClN6O4S/c1-20-18-25(34-27(29)33-20)30-16-17-32-40(37,38)35-22-12-14-28(15-13-22,21-8-4-3-5-9-21)19-31-26(36)23-10-6-7-11-24(23)39-2/h3-11,18,22,32,35H,12-17,19H2,1-2H3,(H,31,36)(H,30,33,34). The predicted molar refractivity (Wildman–Crippen MR) is 156 cm³/mol. The van der Waals surface area contributed by atoms with E-state index in [0.717, 1.165) is 5.56 Å². The monoisotopic (exact) mass is 586 g/mol. The molecule has 0 bridgehead atoms. The van der Waals surface area contributed by atoms with Gasteiger partial charge in [0.15, 0.2) is 0 Å². The molecule has 1 amide bonds. The average Bonchev–Trinajstić information content (AvgIpc) is 2.95. The quantitative estimate of drug-likeness (QED) is 0.188. The van der Waals surface area contributed by atoms with E-state index in [0.29, 0.717) is 61.6 Å². The Labute approximate surface area is 240 Å². The van der Waals surface area contributed by atoms with Crippen molar-refractivity contribution in [3.05, 3.63) is 82.8 Å². The number of carbonyl (C=O) groups is 1. The van der Waals surface area contributed by atoms with E-state index in [1.54, 1.807) is 38.3 Å². The molecule has 1 saturated carbocycles. The molecule has 0 saturated heterocycles. The molecule has 1 aliphatic carbocycles. The number of halogens is 1. The summed E-state index contributed by atoms with van der Waals surface area (Å²) in [4.78, 5) is 21.1. The van der Waals surface area contributed by atoms with Crippen molar-refractivity contribution in [2.24, 2.45) is 0 Å². The first-order chi connectivity index (χ1) is 19.2. The molecule has 0 aliphatic heterocycles. The molecule has 40 heavy (non-hydrogen) atoms. The minimum absolute atomic E-state index is 0.132. The summed E-state index contributed by atoms with van der Waals surface area (Å²) in [5, 5.41) is 6.28. The summed E-state index contributed by atoms with van der Waals surface area (Å²) in [7, 11) is -2.16. The molecular formula is C28H35ClN6O4S. The van der Waals surface area contributed by atoms with Crippen molar-refractivity contribution in [3.8, 4) is 5.75 Å². The molecule has 1 aliphatic rings. The second kappa shape index (κ2) is 13.4. The highest BCUT2D eigenvalue weighted by molar-refractivity contribution is 7.87. The van der Waals surface area contributed by atoms with Crippen LogP contribution in [0, 0.1) is 6.92 Å². The molecule has 12 heteroatoms. The summed E-state index contributed by atoms with van der Waals surface area (Å²) in [6, 6.07) is 18.7.